The van der Waals surface area contributed by atoms with Crippen molar-refractivity contribution in [1.29, 1.82) is 0 Å². The molecule has 1 saturated heterocycles. The molecule has 0 saturated carbocycles. The lowest BCUT2D eigenvalue weighted by atomic mass is 10.3. The lowest BCUT2D eigenvalue weighted by Gasteiger charge is -2.12. The van der Waals surface area contributed by atoms with Crippen LogP contribution in [0.3, 0.4) is 0 Å². The molecule has 0 aromatic carbocycles. The molecule has 1 aliphatic rings. The summed E-state index contributed by atoms with van der Waals surface area (Å²) in [6, 6.07) is 0.264. The number of methoxy groups -OCH3 is 1. The van der Waals surface area contributed by atoms with Crippen molar-refractivity contribution in [3.05, 3.63) is 11.2 Å². The molecule has 2 heterocycles. The van der Waals surface area contributed by atoms with Gasteiger partial charge in [0.1, 0.15) is 11.1 Å². The zero-order valence-corrected chi connectivity index (χ0v) is 9.12. The van der Waals surface area contributed by atoms with Crippen molar-refractivity contribution in [2.75, 3.05) is 20.2 Å². The summed E-state index contributed by atoms with van der Waals surface area (Å²) in [7, 11) is 1.50. The van der Waals surface area contributed by atoms with Gasteiger partial charge in [-0.25, -0.2) is 4.98 Å². The molecule has 1 fully saturated rings. The molecule has 0 aliphatic carbocycles. The second kappa shape index (κ2) is 4.63. The Hall–Kier alpha value is -1.07. The molecule has 1 aliphatic heterocycles. The van der Waals surface area contributed by atoms with E-state index in [1.54, 1.807) is 0 Å². The van der Waals surface area contributed by atoms with E-state index in [0.717, 1.165) is 19.5 Å². The number of aromatic nitrogens is 2. The number of hydrogen-bond donors (Lipinski definition) is 1. The van der Waals surface area contributed by atoms with Crippen LogP contribution in [0, 0.1) is 0 Å². The summed E-state index contributed by atoms with van der Waals surface area (Å²) in [6.07, 6.45) is 2.57. The van der Waals surface area contributed by atoms with Crippen molar-refractivity contribution in [2.45, 2.75) is 12.5 Å². The smallest absolute Gasteiger partial charge is 0.319 e. The maximum atomic E-state index is 5.91. The van der Waals surface area contributed by atoms with Gasteiger partial charge in [-0.1, -0.05) is 11.6 Å². The van der Waals surface area contributed by atoms with Gasteiger partial charge in [0.05, 0.1) is 13.3 Å². The number of hydrogen-bond acceptors (Lipinski definition) is 5. The molecule has 1 N–H and O–H groups in total. The maximum Gasteiger partial charge on any atom is 0.319 e. The van der Waals surface area contributed by atoms with Crippen LogP contribution in [-0.2, 0) is 0 Å². The third kappa shape index (κ3) is 2.49. The highest BCUT2D eigenvalue weighted by Gasteiger charge is 2.18. The zero-order valence-electron chi connectivity index (χ0n) is 8.36. The van der Waals surface area contributed by atoms with Gasteiger partial charge < -0.3 is 14.8 Å². The Morgan fingerprint density at radius 1 is 1.60 bits per heavy atom. The van der Waals surface area contributed by atoms with Crippen molar-refractivity contribution in [3.63, 3.8) is 0 Å². The predicted molar refractivity (Wildman–Crippen MR) is 55.5 cm³/mol. The monoisotopic (exact) mass is 229 g/mol. The van der Waals surface area contributed by atoms with Gasteiger partial charge in [0, 0.05) is 6.54 Å². The van der Waals surface area contributed by atoms with Gasteiger partial charge in [0.25, 0.3) is 0 Å². The highest BCUT2D eigenvalue weighted by molar-refractivity contribution is 6.31. The van der Waals surface area contributed by atoms with Gasteiger partial charge in [-0.2, -0.15) is 4.98 Å². The van der Waals surface area contributed by atoms with Gasteiger partial charge in [-0.05, 0) is 13.0 Å². The van der Waals surface area contributed by atoms with E-state index in [-0.39, 0.29) is 12.1 Å². The van der Waals surface area contributed by atoms with E-state index in [1.807, 2.05) is 0 Å². The third-order valence-corrected chi connectivity index (χ3v) is 2.43. The first-order valence-corrected chi connectivity index (χ1v) is 5.11. The second-order valence-corrected chi connectivity index (χ2v) is 3.65. The van der Waals surface area contributed by atoms with Crippen LogP contribution in [0.2, 0.25) is 5.02 Å². The molecule has 1 unspecified atom stereocenters. The van der Waals surface area contributed by atoms with Crippen LogP contribution in [-0.4, -0.2) is 36.3 Å². The SMILES string of the molecule is COc1ncc(Cl)c(OC2CCNC2)n1. The largest absolute Gasteiger partial charge is 0.472 e. The minimum absolute atomic E-state index is 0.127. The van der Waals surface area contributed by atoms with E-state index in [0.29, 0.717) is 10.9 Å². The van der Waals surface area contributed by atoms with Gasteiger partial charge in [0.15, 0.2) is 0 Å². The van der Waals surface area contributed by atoms with E-state index in [9.17, 15) is 0 Å². The molecule has 0 amide bonds. The number of nitrogens with zero attached hydrogens (tertiary/aromatic N) is 2. The summed E-state index contributed by atoms with van der Waals surface area (Å²) < 4.78 is 10.5. The van der Waals surface area contributed by atoms with Gasteiger partial charge in [-0.15, -0.1) is 0 Å². The Morgan fingerprint density at radius 3 is 3.13 bits per heavy atom. The third-order valence-electron chi connectivity index (χ3n) is 2.17. The molecular formula is C9H12ClN3O2. The van der Waals surface area contributed by atoms with Crippen LogP contribution in [0.1, 0.15) is 6.42 Å². The number of ether oxygens (including phenoxy) is 2. The Labute approximate surface area is 92.8 Å². The van der Waals surface area contributed by atoms with Crippen LogP contribution in [0.5, 0.6) is 11.9 Å². The van der Waals surface area contributed by atoms with Crippen molar-refractivity contribution in [1.82, 2.24) is 15.3 Å². The molecule has 1 aromatic rings. The van der Waals surface area contributed by atoms with E-state index >= 15 is 0 Å². The minimum atomic E-state index is 0.127. The highest BCUT2D eigenvalue weighted by atomic mass is 35.5. The number of nitrogens with one attached hydrogen (secondary N) is 1. The molecule has 0 bridgehead atoms. The average Bonchev–Trinajstić information content (AvgIpc) is 2.74. The van der Waals surface area contributed by atoms with Gasteiger partial charge in [-0.3, -0.25) is 0 Å². The van der Waals surface area contributed by atoms with Gasteiger partial charge in [0.2, 0.25) is 5.88 Å². The van der Waals surface area contributed by atoms with Crippen molar-refractivity contribution >= 4 is 11.6 Å². The normalized spacial score (nSPS) is 20.3. The maximum absolute atomic E-state index is 5.91. The zero-order chi connectivity index (χ0) is 10.7. The molecule has 1 aromatic heterocycles. The number of halogens is 1. The number of rotatable bonds is 3. The van der Waals surface area contributed by atoms with Gasteiger partial charge >= 0.3 is 6.01 Å². The fourth-order valence-corrected chi connectivity index (χ4v) is 1.54. The van der Waals surface area contributed by atoms with Crippen LogP contribution < -0.4 is 14.8 Å². The molecule has 2 rings (SSSR count). The average molecular weight is 230 g/mol. The van der Waals surface area contributed by atoms with Crippen molar-refractivity contribution < 1.29 is 9.47 Å². The highest BCUT2D eigenvalue weighted by Crippen LogP contribution is 2.24. The molecule has 82 valence electrons. The first-order valence-electron chi connectivity index (χ1n) is 4.73. The molecule has 5 nitrogen and oxygen atoms in total. The molecule has 15 heavy (non-hydrogen) atoms. The van der Waals surface area contributed by atoms with E-state index in [2.05, 4.69) is 15.3 Å². The topological polar surface area (TPSA) is 56.3 Å². The van der Waals surface area contributed by atoms with E-state index in [4.69, 9.17) is 21.1 Å². The predicted octanol–water partition coefficient (Wildman–Crippen LogP) is 0.879. The Bertz CT molecular complexity index is 342. The lowest BCUT2D eigenvalue weighted by Crippen LogP contribution is -2.20. The Balaban J connectivity index is 2.11. The van der Waals surface area contributed by atoms with E-state index < -0.39 is 0 Å². The Kier molecular flexibility index (Phi) is 3.23. The molecule has 1 atom stereocenters. The van der Waals surface area contributed by atoms with Crippen LogP contribution in [0.15, 0.2) is 6.20 Å². The lowest BCUT2D eigenvalue weighted by molar-refractivity contribution is 0.210. The first kappa shape index (κ1) is 10.4. The summed E-state index contributed by atoms with van der Waals surface area (Å²) in [4.78, 5) is 7.91. The van der Waals surface area contributed by atoms with Crippen LogP contribution in [0.4, 0.5) is 0 Å². The summed E-state index contributed by atoms with van der Waals surface area (Å²) in [5, 5.41) is 3.60. The first-order chi connectivity index (χ1) is 7.29. The summed E-state index contributed by atoms with van der Waals surface area (Å²) in [5.41, 5.74) is 0. The summed E-state index contributed by atoms with van der Waals surface area (Å²) in [5.74, 6) is 0.386. The molecule has 6 heteroatoms. The molecule has 0 spiro atoms. The quantitative estimate of drug-likeness (QED) is 0.834. The molecular weight excluding hydrogens is 218 g/mol. The Morgan fingerprint density at radius 2 is 2.47 bits per heavy atom. The van der Waals surface area contributed by atoms with Crippen LogP contribution in [0.25, 0.3) is 0 Å². The van der Waals surface area contributed by atoms with E-state index in [1.165, 1.54) is 13.3 Å². The van der Waals surface area contributed by atoms with Crippen molar-refractivity contribution in [3.8, 4) is 11.9 Å². The minimum Gasteiger partial charge on any atom is -0.472 e. The fraction of sp³-hybridized carbons (Fsp3) is 0.556. The standard InChI is InChI=1S/C9H12ClN3O2/c1-14-9-12-5-7(10)8(13-9)15-6-2-3-11-4-6/h5-6,11H,2-4H2,1H3. The van der Waals surface area contributed by atoms with Crippen LogP contribution >= 0.6 is 11.6 Å². The summed E-state index contributed by atoms with van der Waals surface area (Å²) in [6.45, 7) is 1.78. The van der Waals surface area contributed by atoms with Crippen molar-refractivity contribution in [2.24, 2.45) is 0 Å². The fourth-order valence-electron chi connectivity index (χ4n) is 1.40. The summed E-state index contributed by atoms with van der Waals surface area (Å²) >= 11 is 5.91. The molecule has 0 radical (unpaired) electrons. The second-order valence-electron chi connectivity index (χ2n) is 3.24.